The Balaban J connectivity index is 1.64. The number of methoxy groups -OCH3 is 1. The zero-order valence-electron chi connectivity index (χ0n) is 14.1. The fourth-order valence-corrected chi connectivity index (χ4v) is 3.62. The zero-order valence-corrected chi connectivity index (χ0v) is 15.7. The van der Waals surface area contributed by atoms with E-state index in [0.29, 0.717) is 27.3 Å². The van der Waals surface area contributed by atoms with Gasteiger partial charge in [0.25, 0.3) is 0 Å². The minimum absolute atomic E-state index is 0.413. The molecule has 0 bridgehead atoms. The van der Waals surface area contributed by atoms with Gasteiger partial charge in [0.2, 0.25) is 5.16 Å². The van der Waals surface area contributed by atoms with Crippen molar-refractivity contribution in [3.8, 4) is 11.4 Å². The van der Waals surface area contributed by atoms with Crippen LogP contribution >= 0.6 is 23.4 Å². The standard InChI is InChI=1S/C18H13ClN4O3S/c1-25-14-6-7-15-11(8-17(24)26-16(15)9-14)10-27-18-20-21-22-23(18)13-4-2-12(19)3-5-13/h2-9H,10H2,1H3. The van der Waals surface area contributed by atoms with E-state index in [1.807, 2.05) is 24.3 Å². The summed E-state index contributed by atoms with van der Waals surface area (Å²) in [6.45, 7) is 0. The van der Waals surface area contributed by atoms with Crippen LogP contribution in [0.3, 0.4) is 0 Å². The highest BCUT2D eigenvalue weighted by molar-refractivity contribution is 7.98. The largest absolute Gasteiger partial charge is 0.497 e. The number of rotatable bonds is 5. The van der Waals surface area contributed by atoms with Gasteiger partial charge in [0.05, 0.1) is 12.8 Å². The van der Waals surface area contributed by atoms with Crippen LogP contribution < -0.4 is 10.4 Å². The molecule has 9 heteroatoms. The van der Waals surface area contributed by atoms with Crippen molar-refractivity contribution in [2.45, 2.75) is 10.9 Å². The SMILES string of the molecule is COc1ccc2c(CSc3nnnn3-c3ccc(Cl)cc3)cc(=O)oc2c1. The van der Waals surface area contributed by atoms with Crippen LogP contribution in [-0.2, 0) is 5.75 Å². The van der Waals surface area contributed by atoms with Crippen molar-refractivity contribution in [3.63, 3.8) is 0 Å². The van der Waals surface area contributed by atoms with Crippen LogP contribution in [0.15, 0.2) is 62.9 Å². The van der Waals surface area contributed by atoms with Gasteiger partial charge in [-0.2, -0.15) is 4.68 Å². The molecule has 2 aromatic carbocycles. The van der Waals surface area contributed by atoms with Gasteiger partial charge < -0.3 is 9.15 Å². The Morgan fingerprint density at radius 3 is 2.78 bits per heavy atom. The number of thioether (sulfide) groups is 1. The van der Waals surface area contributed by atoms with E-state index in [9.17, 15) is 4.79 Å². The van der Waals surface area contributed by atoms with Gasteiger partial charge in [-0.05, 0) is 52.4 Å². The van der Waals surface area contributed by atoms with E-state index in [-0.39, 0.29) is 0 Å². The number of benzene rings is 2. The van der Waals surface area contributed by atoms with Crippen molar-refractivity contribution in [2.24, 2.45) is 0 Å². The van der Waals surface area contributed by atoms with Crippen molar-refractivity contribution in [1.29, 1.82) is 0 Å². The minimum Gasteiger partial charge on any atom is -0.497 e. The second-order valence-electron chi connectivity index (χ2n) is 5.59. The van der Waals surface area contributed by atoms with Gasteiger partial charge in [0.15, 0.2) is 0 Å². The van der Waals surface area contributed by atoms with Crippen LogP contribution in [0, 0.1) is 0 Å². The molecule has 0 amide bonds. The predicted molar refractivity (Wildman–Crippen MR) is 103 cm³/mol. The molecule has 2 heterocycles. The maximum absolute atomic E-state index is 11.9. The molecule has 4 aromatic rings. The lowest BCUT2D eigenvalue weighted by Crippen LogP contribution is -2.02. The molecule has 0 radical (unpaired) electrons. The fraction of sp³-hybridized carbons (Fsp3) is 0.111. The molecular formula is C18H13ClN4O3S. The van der Waals surface area contributed by atoms with Crippen molar-refractivity contribution in [2.75, 3.05) is 7.11 Å². The smallest absolute Gasteiger partial charge is 0.336 e. The first kappa shape index (κ1) is 17.6. The molecule has 0 fully saturated rings. The molecule has 136 valence electrons. The van der Waals surface area contributed by atoms with Gasteiger partial charge in [-0.25, -0.2) is 4.79 Å². The van der Waals surface area contributed by atoms with Gasteiger partial charge >= 0.3 is 5.63 Å². The van der Waals surface area contributed by atoms with Crippen molar-refractivity contribution < 1.29 is 9.15 Å². The van der Waals surface area contributed by atoms with E-state index in [2.05, 4.69) is 15.5 Å². The van der Waals surface area contributed by atoms with Crippen molar-refractivity contribution >= 4 is 34.3 Å². The number of hydrogen-bond donors (Lipinski definition) is 0. The average Bonchev–Trinajstić information content (AvgIpc) is 3.14. The molecule has 0 spiro atoms. The molecule has 7 nitrogen and oxygen atoms in total. The molecule has 27 heavy (non-hydrogen) atoms. The molecule has 0 aliphatic heterocycles. The Morgan fingerprint density at radius 1 is 1.19 bits per heavy atom. The summed E-state index contributed by atoms with van der Waals surface area (Å²) in [7, 11) is 1.57. The van der Waals surface area contributed by atoms with Gasteiger partial charge in [-0.3, -0.25) is 0 Å². The maximum Gasteiger partial charge on any atom is 0.336 e. The Kier molecular flexibility index (Phi) is 4.83. The molecule has 0 saturated heterocycles. The summed E-state index contributed by atoms with van der Waals surface area (Å²) < 4.78 is 12.1. The average molecular weight is 401 g/mol. The Morgan fingerprint density at radius 2 is 2.00 bits per heavy atom. The van der Waals surface area contributed by atoms with Crippen LogP contribution in [0.25, 0.3) is 16.7 Å². The number of ether oxygens (including phenoxy) is 1. The normalized spacial score (nSPS) is 11.0. The fourth-order valence-electron chi connectivity index (χ4n) is 2.61. The minimum atomic E-state index is -0.413. The lowest BCUT2D eigenvalue weighted by atomic mass is 10.1. The summed E-state index contributed by atoms with van der Waals surface area (Å²) >= 11 is 7.35. The molecule has 0 unspecified atom stereocenters. The van der Waals surface area contributed by atoms with E-state index < -0.39 is 5.63 Å². The number of aromatic nitrogens is 4. The van der Waals surface area contributed by atoms with E-state index in [0.717, 1.165) is 16.6 Å². The molecule has 2 aromatic heterocycles. The van der Waals surface area contributed by atoms with Crippen molar-refractivity contribution in [1.82, 2.24) is 20.2 Å². The molecular weight excluding hydrogens is 388 g/mol. The second kappa shape index (κ2) is 7.42. The monoisotopic (exact) mass is 400 g/mol. The summed E-state index contributed by atoms with van der Waals surface area (Å²) in [5, 5.41) is 13.9. The van der Waals surface area contributed by atoms with E-state index in [4.69, 9.17) is 20.8 Å². The van der Waals surface area contributed by atoms with Crippen LogP contribution in [-0.4, -0.2) is 27.3 Å². The number of halogens is 1. The summed E-state index contributed by atoms with van der Waals surface area (Å²) in [6.07, 6.45) is 0. The lowest BCUT2D eigenvalue weighted by Gasteiger charge is -2.07. The number of nitrogens with zero attached hydrogens (tertiary/aromatic N) is 4. The number of tetrazole rings is 1. The van der Waals surface area contributed by atoms with Gasteiger partial charge in [0.1, 0.15) is 11.3 Å². The quantitative estimate of drug-likeness (QED) is 0.373. The van der Waals surface area contributed by atoms with Gasteiger partial charge in [-0.1, -0.05) is 23.4 Å². The van der Waals surface area contributed by atoms with Crippen LogP contribution in [0.1, 0.15) is 5.56 Å². The van der Waals surface area contributed by atoms with Crippen LogP contribution in [0.2, 0.25) is 5.02 Å². The Bertz CT molecular complexity index is 1160. The highest BCUT2D eigenvalue weighted by Crippen LogP contribution is 2.28. The third kappa shape index (κ3) is 3.67. The maximum atomic E-state index is 11.9. The molecule has 0 aliphatic carbocycles. The predicted octanol–water partition coefficient (Wildman–Crippen LogP) is 3.72. The lowest BCUT2D eigenvalue weighted by molar-refractivity contribution is 0.414. The summed E-state index contributed by atoms with van der Waals surface area (Å²) in [5.41, 5.74) is 1.70. The third-order valence-electron chi connectivity index (χ3n) is 3.91. The van der Waals surface area contributed by atoms with Crippen LogP contribution in [0.5, 0.6) is 5.75 Å². The second-order valence-corrected chi connectivity index (χ2v) is 6.97. The molecule has 0 N–H and O–H groups in total. The number of hydrogen-bond acceptors (Lipinski definition) is 7. The Labute approximate surface area is 162 Å². The molecule has 0 saturated carbocycles. The third-order valence-corrected chi connectivity index (χ3v) is 5.13. The first-order valence-electron chi connectivity index (χ1n) is 7.92. The molecule has 0 aliphatic rings. The van der Waals surface area contributed by atoms with Crippen LogP contribution in [0.4, 0.5) is 0 Å². The number of fused-ring (bicyclic) bond motifs is 1. The van der Waals surface area contributed by atoms with E-state index in [1.54, 1.807) is 30.0 Å². The first-order valence-corrected chi connectivity index (χ1v) is 9.28. The van der Waals surface area contributed by atoms with Gasteiger partial charge in [0, 0.05) is 28.3 Å². The Hall–Kier alpha value is -2.84. The highest BCUT2D eigenvalue weighted by Gasteiger charge is 2.12. The van der Waals surface area contributed by atoms with Crippen molar-refractivity contribution in [3.05, 3.63) is 69.5 Å². The van der Waals surface area contributed by atoms with Gasteiger partial charge in [-0.15, -0.1) is 5.10 Å². The topological polar surface area (TPSA) is 83.0 Å². The molecule has 0 atom stereocenters. The summed E-state index contributed by atoms with van der Waals surface area (Å²) in [5.74, 6) is 1.13. The van der Waals surface area contributed by atoms with E-state index in [1.165, 1.54) is 17.8 Å². The zero-order chi connectivity index (χ0) is 18.8. The molecule has 4 rings (SSSR count). The first-order chi connectivity index (χ1) is 13.1. The highest BCUT2D eigenvalue weighted by atomic mass is 35.5. The summed E-state index contributed by atoms with van der Waals surface area (Å²) in [6, 6.07) is 14.1. The van der Waals surface area contributed by atoms with E-state index >= 15 is 0 Å². The summed E-state index contributed by atoms with van der Waals surface area (Å²) in [4.78, 5) is 11.9.